The summed E-state index contributed by atoms with van der Waals surface area (Å²) in [5.74, 6) is 7.14. The van der Waals surface area contributed by atoms with Gasteiger partial charge >= 0.3 is 0 Å². The Labute approximate surface area is 154 Å². The molecular weight excluding hydrogens is 328 g/mol. The highest BCUT2D eigenvalue weighted by molar-refractivity contribution is 5.77. The van der Waals surface area contributed by atoms with E-state index in [-0.39, 0.29) is 19.1 Å². The molecule has 0 spiro atoms. The van der Waals surface area contributed by atoms with Gasteiger partial charge in [0.2, 0.25) is 0 Å². The second-order valence-corrected chi connectivity index (χ2v) is 5.71. The Balaban J connectivity index is 1.72. The first-order valence-corrected chi connectivity index (χ1v) is 8.47. The number of hydrogen-bond donors (Lipinski definition) is 1. The van der Waals surface area contributed by atoms with Gasteiger partial charge in [0.1, 0.15) is 11.5 Å². The molecule has 1 amide bonds. The van der Waals surface area contributed by atoms with E-state index in [0.717, 1.165) is 17.0 Å². The van der Waals surface area contributed by atoms with Crippen LogP contribution in [0.3, 0.4) is 0 Å². The van der Waals surface area contributed by atoms with Crippen LogP contribution in [0.4, 0.5) is 5.69 Å². The molecule has 0 heterocycles. The first-order valence-electron chi connectivity index (χ1n) is 8.47. The molecule has 0 unspecified atom stereocenters. The molecule has 5 nitrogen and oxygen atoms in total. The van der Waals surface area contributed by atoms with E-state index < -0.39 is 0 Å². The zero-order valence-corrected chi connectivity index (χ0v) is 15.4. The number of ether oxygens (including phenoxy) is 2. The number of amides is 1. The monoisotopic (exact) mass is 352 g/mol. The molecule has 0 aromatic heterocycles. The molecule has 1 N–H and O–H groups in total. The average Bonchev–Trinajstić information content (AvgIpc) is 2.65. The van der Waals surface area contributed by atoms with Gasteiger partial charge in [0.25, 0.3) is 5.91 Å². The summed E-state index contributed by atoms with van der Waals surface area (Å²) in [6.07, 6.45) is 0. The molecule has 0 atom stereocenters. The normalized spacial score (nSPS) is 9.65. The quantitative estimate of drug-likeness (QED) is 0.779. The number of nitrogens with zero attached hydrogens (tertiary/aromatic N) is 1. The van der Waals surface area contributed by atoms with Crippen molar-refractivity contribution in [1.29, 1.82) is 0 Å². The third-order valence-electron chi connectivity index (χ3n) is 3.50. The zero-order chi connectivity index (χ0) is 18.8. The topological polar surface area (TPSA) is 50.8 Å². The number of carbonyl (C=O) groups excluding carboxylic acids is 1. The highest BCUT2D eigenvalue weighted by Crippen LogP contribution is 2.17. The fourth-order valence-electron chi connectivity index (χ4n) is 2.13. The molecular formula is C21H24N2O3. The molecule has 0 fully saturated rings. The highest BCUT2D eigenvalue weighted by Gasteiger charge is 2.02. The molecule has 5 heteroatoms. The Bertz CT molecular complexity index is 757. The standard InChI is InChI=1S/C21H24N2O3/c1-4-25-19-11-13-20(14-12-19)26-16-21(24)22-15-5-6-17-7-9-18(10-8-17)23(2)3/h7-14H,4,15-16H2,1-3H3,(H,22,24). The summed E-state index contributed by atoms with van der Waals surface area (Å²) < 4.78 is 10.8. The third-order valence-corrected chi connectivity index (χ3v) is 3.50. The lowest BCUT2D eigenvalue weighted by molar-refractivity contribution is -0.122. The Morgan fingerprint density at radius 2 is 1.62 bits per heavy atom. The molecule has 0 aliphatic rings. The van der Waals surface area contributed by atoms with Crippen LogP contribution in [0.25, 0.3) is 0 Å². The van der Waals surface area contributed by atoms with Crippen molar-refractivity contribution < 1.29 is 14.3 Å². The highest BCUT2D eigenvalue weighted by atomic mass is 16.5. The van der Waals surface area contributed by atoms with Crippen molar-refractivity contribution in [2.45, 2.75) is 6.92 Å². The SMILES string of the molecule is CCOc1ccc(OCC(=O)NCC#Cc2ccc(N(C)C)cc2)cc1. The van der Waals surface area contributed by atoms with Crippen LogP contribution in [0.2, 0.25) is 0 Å². The first-order chi connectivity index (χ1) is 12.6. The van der Waals surface area contributed by atoms with Gasteiger partial charge in [-0.1, -0.05) is 11.8 Å². The van der Waals surface area contributed by atoms with Crippen LogP contribution in [-0.2, 0) is 4.79 Å². The third kappa shape index (κ3) is 6.40. The van der Waals surface area contributed by atoms with Crippen LogP contribution < -0.4 is 19.7 Å². The van der Waals surface area contributed by atoms with E-state index in [1.165, 1.54) is 0 Å². The van der Waals surface area contributed by atoms with Crippen molar-refractivity contribution >= 4 is 11.6 Å². The van der Waals surface area contributed by atoms with Gasteiger partial charge < -0.3 is 19.7 Å². The summed E-state index contributed by atoms with van der Waals surface area (Å²) >= 11 is 0. The fraction of sp³-hybridized carbons (Fsp3) is 0.286. The van der Waals surface area contributed by atoms with E-state index in [1.807, 2.05) is 62.3 Å². The molecule has 26 heavy (non-hydrogen) atoms. The lowest BCUT2D eigenvalue weighted by atomic mass is 10.2. The molecule has 2 aromatic rings. The van der Waals surface area contributed by atoms with E-state index >= 15 is 0 Å². The van der Waals surface area contributed by atoms with Gasteiger partial charge in [-0.3, -0.25) is 4.79 Å². The minimum absolute atomic E-state index is 0.0484. The first kappa shape index (κ1) is 19.2. The van der Waals surface area contributed by atoms with Crippen molar-refractivity contribution in [3.63, 3.8) is 0 Å². The Hall–Kier alpha value is -3.13. The van der Waals surface area contributed by atoms with Crippen LogP contribution in [0.5, 0.6) is 11.5 Å². The van der Waals surface area contributed by atoms with Gasteiger partial charge in [-0.2, -0.15) is 0 Å². The number of carbonyl (C=O) groups is 1. The van der Waals surface area contributed by atoms with Crippen molar-refractivity contribution in [3.05, 3.63) is 54.1 Å². The second-order valence-electron chi connectivity index (χ2n) is 5.71. The lowest BCUT2D eigenvalue weighted by Crippen LogP contribution is -2.29. The van der Waals surface area contributed by atoms with Crippen LogP contribution in [-0.4, -0.2) is 39.8 Å². The minimum atomic E-state index is -0.212. The summed E-state index contributed by atoms with van der Waals surface area (Å²) in [7, 11) is 3.98. The van der Waals surface area contributed by atoms with Gasteiger partial charge in [0, 0.05) is 25.3 Å². The molecule has 2 aromatic carbocycles. The van der Waals surface area contributed by atoms with E-state index in [9.17, 15) is 4.79 Å². The molecule has 2 rings (SSSR count). The van der Waals surface area contributed by atoms with Crippen molar-refractivity contribution in [3.8, 4) is 23.3 Å². The lowest BCUT2D eigenvalue weighted by Gasteiger charge is -2.11. The van der Waals surface area contributed by atoms with Gasteiger partial charge in [0.15, 0.2) is 6.61 Å². The maximum absolute atomic E-state index is 11.8. The Morgan fingerprint density at radius 3 is 2.19 bits per heavy atom. The van der Waals surface area contributed by atoms with Crippen LogP contribution in [0.15, 0.2) is 48.5 Å². The van der Waals surface area contributed by atoms with Crippen LogP contribution in [0.1, 0.15) is 12.5 Å². The Kier molecular flexibility index (Phi) is 7.38. The summed E-state index contributed by atoms with van der Waals surface area (Å²) in [5.41, 5.74) is 2.03. The molecule has 0 radical (unpaired) electrons. The van der Waals surface area contributed by atoms with Gasteiger partial charge in [-0.15, -0.1) is 0 Å². The molecule has 0 bridgehead atoms. The van der Waals surface area contributed by atoms with E-state index in [1.54, 1.807) is 12.1 Å². The molecule has 136 valence electrons. The largest absolute Gasteiger partial charge is 0.494 e. The minimum Gasteiger partial charge on any atom is -0.494 e. The summed E-state index contributed by atoms with van der Waals surface area (Å²) in [5, 5.41) is 2.71. The number of rotatable bonds is 7. The van der Waals surface area contributed by atoms with Crippen molar-refractivity contribution in [1.82, 2.24) is 5.32 Å². The van der Waals surface area contributed by atoms with Crippen LogP contribution >= 0.6 is 0 Å². The van der Waals surface area contributed by atoms with Crippen molar-refractivity contribution in [2.24, 2.45) is 0 Å². The summed E-state index contributed by atoms with van der Waals surface area (Å²) in [6.45, 7) is 2.77. The molecule has 0 saturated carbocycles. The van der Waals surface area contributed by atoms with E-state index in [2.05, 4.69) is 17.2 Å². The number of hydrogen-bond acceptors (Lipinski definition) is 4. The summed E-state index contributed by atoms with van der Waals surface area (Å²) in [4.78, 5) is 13.8. The number of nitrogens with one attached hydrogen (secondary N) is 1. The molecule has 0 aliphatic heterocycles. The predicted molar refractivity (Wildman–Crippen MR) is 104 cm³/mol. The number of anilines is 1. The van der Waals surface area contributed by atoms with Crippen molar-refractivity contribution in [2.75, 3.05) is 38.8 Å². The van der Waals surface area contributed by atoms with E-state index in [0.29, 0.717) is 12.4 Å². The smallest absolute Gasteiger partial charge is 0.258 e. The molecule has 0 aliphatic carbocycles. The van der Waals surface area contributed by atoms with Crippen LogP contribution in [0, 0.1) is 11.8 Å². The Morgan fingerprint density at radius 1 is 1.00 bits per heavy atom. The number of benzene rings is 2. The maximum Gasteiger partial charge on any atom is 0.258 e. The zero-order valence-electron chi connectivity index (χ0n) is 15.4. The molecule has 0 saturated heterocycles. The van der Waals surface area contributed by atoms with E-state index in [4.69, 9.17) is 9.47 Å². The fourth-order valence-corrected chi connectivity index (χ4v) is 2.13. The summed E-state index contributed by atoms with van der Waals surface area (Å²) in [6, 6.07) is 15.1. The average molecular weight is 352 g/mol. The van der Waals surface area contributed by atoms with Gasteiger partial charge in [-0.05, 0) is 55.5 Å². The second kappa shape index (κ2) is 10.00. The van der Waals surface area contributed by atoms with Gasteiger partial charge in [-0.25, -0.2) is 0 Å². The van der Waals surface area contributed by atoms with Gasteiger partial charge in [0.05, 0.1) is 13.2 Å². The maximum atomic E-state index is 11.8. The predicted octanol–water partition coefficient (Wildman–Crippen LogP) is 2.70.